The number of hydrogen-bond acceptors (Lipinski definition) is 4. The van der Waals surface area contributed by atoms with Gasteiger partial charge in [-0.05, 0) is 84.4 Å². The van der Waals surface area contributed by atoms with Crippen LogP contribution in [0.4, 0.5) is 11.4 Å². The Morgan fingerprint density at radius 2 is 0.795 bits per heavy atom. The fourth-order valence-corrected chi connectivity index (χ4v) is 5.22. The van der Waals surface area contributed by atoms with Crippen LogP contribution < -0.4 is 9.80 Å². The van der Waals surface area contributed by atoms with Crippen molar-refractivity contribution in [1.29, 1.82) is 10.5 Å². The molecule has 3 rings (SSSR count). The number of rotatable bonds is 18. The molecule has 0 saturated heterocycles. The predicted octanol–water partition coefficient (Wildman–Crippen LogP) is 10.6. The Morgan fingerprint density at radius 3 is 1.05 bits per heavy atom. The molecule has 4 heteroatoms. The lowest BCUT2D eigenvalue weighted by atomic mass is 9.98. The van der Waals surface area contributed by atoms with Crippen molar-refractivity contribution < 1.29 is 0 Å². The van der Waals surface area contributed by atoms with E-state index in [2.05, 4.69) is 98.2 Å². The van der Waals surface area contributed by atoms with Crippen LogP contribution >= 0.6 is 0 Å². The first-order valence-corrected chi connectivity index (χ1v) is 16.6. The van der Waals surface area contributed by atoms with Gasteiger partial charge in [-0.15, -0.1) is 0 Å². The van der Waals surface area contributed by atoms with Crippen LogP contribution in [0.2, 0.25) is 0 Å². The normalized spacial score (nSPS) is 11.6. The van der Waals surface area contributed by atoms with Gasteiger partial charge in [-0.2, -0.15) is 10.5 Å². The number of allylic oxidation sites excluding steroid dienone is 2. The van der Waals surface area contributed by atoms with Crippen molar-refractivity contribution in [3.8, 4) is 12.1 Å². The Balaban J connectivity index is 1.75. The van der Waals surface area contributed by atoms with Crippen LogP contribution in [0.25, 0.3) is 23.3 Å². The van der Waals surface area contributed by atoms with Crippen molar-refractivity contribution in [3.63, 3.8) is 0 Å². The molecule has 0 fully saturated rings. The van der Waals surface area contributed by atoms with Crippen LogP contribution in [0, 0.1) is 22.7 Å². The van der Waals surface area contributed by atoms with Gasteiger partial charge in [0.1, 0.15) is 0 Å². The maximum Gasteiger partial charge on any atom is 0.0998 e. The molecule has 0 unspecified atom stereocenters. The molecule has 0 atom stereocenters. The molecule has 0 heterocycles. The maximum atomic E-state index is 9.96. The van der Waals surface area contributed by atoms with Crippen molar-refractivity contribution in [1.82, 2.24) is 0 Å². The van der Waals surface area contributed by atoms with Gasteiger partial charge in [0.2, 0.25) is 0 Å². The summed E-state index contributed by atoms with van der Waals surface area (Å²) in [6.45, 7) is 13.2. The van der Waals surface area contributed by atoms with Crippen LogP contribution in [0.5, 0.6) is 0 Å². The van der Waals surface area contributed by atoms with Crippen LogP contribution in [0.3, 0.4) is 0 Å². The molecule has 0 bridgehead atoms. The minimum Gasteiger partial charge on any atom is -0.372 e. The van der Waals surface area contributed by atoms with Gasteiger partial charge in [0.05, 0.1) is 23.3 Å². The summed E-state index contributed by atoms with van der Waals surface area (Å²) in [5.74, 6) is 0. The molecule has 0 aliphatic heterocycles. The molecular formula is C40H50N4. The Kier molecular flexibility index (Phi) is 14.8. The van der Waals surface area contributed by atoms with E-state index < -0.39 is 0 Å². The summed E-state index contributed by atoms with van der Waals surface area (Å²) in [5.41, 5.74) is 7.38. The van der Waals surface area contributed by atoms with Crippen molar-refractivity contribution >= 4 is 34.7 Å². The zero-order valence-electron chi connectivity index (χ0n) is 27.4. The Hall–Kier alpha value is -4.28. The highest BCUT2D eigenvalue weighted by Gasteiger charge is 2.09. The summed E-state index contributed by atoms with van der Waals surface area (Å²) in [7, 11) is 0. The summed E-state index contributed by atoms with van der Waals surface area (Å²) in [5, 5.41) is 19.9. The van der Waals surface area contributed by atoms with Crippen molar-refractivity contribution in [2.75, 3.05) is 36.0 Å². The monoisotopic (exact) mass is 586 g/mol. The van der Waals surface area contributed by atoms with Crippen molar-refractivity contribution in [2.24, 2.45) is 0 Å². The number of unbranched alkanes of at least 4 members (excludes halogenated alkanes) is 4. The number of nitrogens with zero attached hydrogens (tertiary/aromatic N) is 4. The van der Waals surface area contributed by atoms with E-state index in [0.717, 1.165) is 48.4 Å². The Labute approximate surface area is 266 Å². The standard InChI is InChI=1S/C40H50N4/c1-5-9-25-43(26-10-6-2)39-21-13-33(14-22-39)29-37(31-41)35-17-19-36(20-18-35)38(32-42)30-34-15-23-40(24-16-34)44(27-11-7-3)28-12-8-4/h13-24,29-30H,5-12,25-28H2,1-4H3/b37-29+,38-30+. The number of benzene rings is 3. The first-order valence-electron chi connectivity index (χ1n) is 16.6. The van der Waals surface area contributed by atoms with Crippen LogP contribution in [0.15, 0.2) is 72.8 Å². The third-order valence-corrected chi connectivity index (χ3v) is 8.01. The molecule has 3 aromatic rings. The van der Waals surface area contributed by atoms with Gasteiger partial charge < -0.3 is 9.80 Å². The zero-order chi connectivity index (χ0) is 31.6. The summed E-state index contributed by atoms with van der Waals surface area (Å²) in [4.78, 5) is 4.93. The molecule has 0 aromatic heterocycles. The zero-order valence-corrected chi connectivity index (χ0v) is 27.4. The Morgan fingerprint density at radius 1 is 0.500 bits per heavy atom. The smallest absolute Gasteiger partial charge is 0.0998 e. The van der Waals surface area contributed by atoms with Crippen LogP contribution in [0.1, 0.15) is 101 Å². The number of anilines is 2. The number of hydrogen-bond donors (Lipinski definition) is 0. The molecule has 44 heavy (non-hydrogen) atoms. The third kappa shape index (κ3) is 10.5. The summed E-state index contributed by atoms with van der Waals surface area (Å²) >= 11 is 0. The minimum atomic E-state index is 0.604. The highest BCUT2D eigenvalue weighted by atomic mass is 15.1. The van der Waals surface area contributed by atoms with E-state index in [1.54, 1.807) is 0 Å². The van der Waals surface area contributed by atoms with Gasteiger partial charge in [0, 0.05) is 37.6 Å². The highest BCUT2D eigenvalue weighted by Crippen LogP contribution is 2.25. The van der Waals surface area contributed by atoms with E-state index in [1.807, 2.05) is 36.4 Å². The SMILES string of the molecule is CCCCN(CCCC)c1ccc(/C=C(\C#N)c2ccc(/C(C#N)=C/c3ccc(N(CCCC)CCCC)cc3)cc2)cc1. The Bertz CT molecular complexity index is 1270. The largest absolute Gasteiger partial charge is 0.372 e. The lowest BCUT2D eigenvalue weighted by Gasteiger charge is -2.24. The van der Waals surface area contributed by atoms with E-state index in [0.29, 0.717) is 11.1 Å². The molecule has 0 radical (unpaired) electrons. The molecule has 0 aliphatic carbocycles. The molecular weight excluding hydrogens is 536 g/mol. The fraction of sp³-hybridized carbons (Fsp3) is 0.400. The van der Waals surface area contributed by atoms with Crippen LogP contribution in [-0.4, -0.2) is 26.2 Å². The van der Waals surface area contributed by atoms with E-state index in [-0.39, 0.29) is 0 Å². The fourth-order valence-electron chi connectivity index (χ4n) is 5.22. The second kappa shape index (κ2) is 19.1. The summed E-state index contributed by atoms with van der Waals surface area (Å²) in [6.07, 6.45) is 13.4. The lowest BCUT2D eigenvalue weighted by molar-refractivity contribution is 0.678. The molecule has 0 aliphatic rings. The maximum absolute atomic E-state index is 9.96. The molecule has 3 aromatic carbocycles. The van der Waals surface area contributed by atoms with Gasteiger partial charge in [-0.3, -0.25) is 0 Å². The first-order chi connectivity index (χ1) is 21.6. The second-order valence-electron chi connectivity index (χ2n) is 11.5. The van der Waals surface area contributed by atoms with Gasteiger partial charge >= 0.3 is 0 Å². The lowest BCUT2D eigenvalue weighted by Crippen LogP contribution is -2.25. The first kappa shape index (κ1) is 34.2. The third-order valence-electron chi connectivity index (χ3n) is 8.01. The number of nitriles is 2. The highest BCUT2D eigenvalue weighted by molar-refractivity contribution is 5.92. The molecule has 230 valence electrons. The molecule has 0 spiro atoms. The van der Waals surface area contributed by atoms with Crippen LogP contribution in [-0.2, 0) is 0 Å². The van der Waals surface area contributed by atoms with Gasteiger partial charge in [-0.1, -0.05) is 102 Å². The molecule has 4 nitrogen and oxygen atoms in total. The average molecular weight is 587 g/mol. The summed E-state index contributed by atoms with van der Waals surface area (Å²) in [6, 6.07) is 29.5. The van der Waals surface area contributed by atoms with Gasteiger partial charge in [-0.25, -0.2) is 0 Å². The summed E-state index contributed by atoms with van der Waals surface area (Å²) < 4.78 is 0. The van der Waals surface area contributed by atoms with Gasteiger partial charge in [0.25, 0.3) is 0 Å². The molecule has 0 N–H and O–H groups in total. The quantitative estimate of drug-likeness (QED) is 0.110. The van der Waals surface area contributed by atoms with Crippen molar-refractivity contribution in [3.05, 3.63) is 95.1 Å². The molecule has 0 saturated carbocycles. The van der Waals surface area contributed by atoms with Crippen molar-refractivity contribution in [2.45, 2.75) is 79.1 Å². The van der Waals surface area contributed by atoms with E-state index in [9.17, 15) is 10.5 Å². The topological polar surface area (TPSA) is 54.1 Å². The molecule has 0 amide bonds. The van der Waals surface area contributed by atoms with E-state index >= 15 is 0 Å². The second-order valence-corrected chi connectivity index (χ2v) is 11.5. The predicted molar refractivity (Wildman–Crippen MR) is 190 cm³/mol. The average Bonchev–Trinajstić information content (AvgIpc) is 3.07. The van der Waals surface area contributed by atoms with E-state index in [4.69, 9.17) is 0 Å². The van der Waals surface area contributed by atoms with Gasteiger partial charge in [0.15, 0.2) is 0 Å². The minimum absolute atomic E-state index is 0.604. The van der Waals surface area contributed by atoms with E-state index in [1.165, 1.54) is 62.7 Å².